The number of hydrogen-bond acceptors (Lipinski definition) is 2. The van der Waals surface area contributed by atoms with Crippen LogP contribution in [0.2, 0.25) is 0 Å². The van der Waals surface area contributed by atoms with E-state index in [-0.39, 0.29) is 0 Å². The summed E-state index contributed by atoms with van der Waals surface area (Å²) in [4.78, 5) is 0. The van der Waals surface area contributed by atoms with Gasteiger partial charge in [-0.1, -0.05) is 0 Å². The van der Waals surface area contributed by atoms with E-state index in [1.807, 2.05) is 18.3 Å². The molecule has 7 heavy (non-hydrogen) atoms. The summed E-state index contributed by atoms with van der Waals surface area (Å²) in [5.41, 5.74) is 3.14. The van der Waals surface area contributed by atoms with Crippen molar-refractivity contribution in [1.29, 1.82) is 0 Å². The normalized spacial score (nSPS) is 29.4. The molecule has 0 aliphatic carbocycles. The third kappa shape index (κ3) is 0.933. The zero-order valence-electron chi connectivity index (χ0n) is 4.68. The predicted octanol–water partition coefficient (Wildman–Crippen LogP) is 0.339. The molecule has 2 heteroatoms. The molecule has 1 rings (SSSR count). The van der Waals surface area contributed by atoms with Crippen LogP contribution in [0.1, 0.15) is 6.92 Å². The average Bonchev–Trinajstić information content (AvgIpc) is 1.87. The molecule has 0 spiro atoms. The summed E-state index contributed by atoms with van der Waals surface area (Å²) >= 11 is 0. The van der Waals surface area contributed by atoms with Crippen molar-refractivity contribution < 1.29 is 0 Å². The summed E-state index contributed by atoms with van der Waals surface area (Å²) in [5, 5.41) is 1.95. The molecule has 0 saturated heterocycles. The van der Waals surface area contributed by atoms with Crippen LogP contribution in [0.5, 0.6) is 0 Å². The number of nitrogens with one attached hydrogen (secondary N) is 1. The fourth-order valence-corrected chi connectivity index (χ4v) is 0.665. The largest absolute Gasteiger partial charge is 0.318 e. The average molecular weight is 98.1 g/mol. The molecule has 0 fully saturated rings. The maximum absolute atomic E-state index is 3.14. The fraction of sp³-hybridized carbons (Fsp3) is 0.600. The third-order valence-electron chi connectivity index (χ3n) is 1.01. The van der Waals surface area contributed by atoms with Crippen molar-refractivity contribution in [3.63, 3.8) is 0 Å². The van der Waals surface area contributed by atoms with Crippen molar-refractivity contribution in [2.24, 2.45) is 0 Å². The Labute approximate surface area is 43.8 Å². The minimum atomic E-state index is 0.519. The van der Waals surface area contributed by atoms with Crippen LogP contribution in [0.4, 0.5) is 0 Å². The van der Waals surface area contributed by atoms with Gasteiger partial charge in [-0.2, -0.15) is 0 Å². The summed E-state index contributed by atoms with van der Waals surface area (Å²) < 4.78 is 0. The molecule has 0 bridgehead atoms. The second-order valence-electron chi connectivity index (χ2n) is 1.87. The third-order valence-corrected chi connectivity index (χ3v) is 1.01. The molecule has 1 N–H and O–H groups in total. The van der Waals surface area contributed by atoms with Crippen molar-refractivity contribution in [2.45, 2.75) is 13.0 Å². The highest BCUT2D eigenvalue weighted by Gasteiger charge is 2.02. The zero-order valence-corrected chi connectivity index (χ0v) is 4.68. The van der Waals surface area contributed by atoms with Gasteiger partial charge in [0.25, 0.3) is 0 Å². The minimum Gasteiger partial charge on any atom is -0.318 e. The summed E-state index contributed by atoms with van der Waals surface area (Å²) in [7, 11) is 1.99. The number of nitrogens with zero attached hydrogens (tertiary/aromatic N) is 1. The number of hydrogen-bond donors (Lipinski definition) is 1. The van der Waals surface area contributed by atoms with Gasteiger partial charge in [0.1, 0.15) is 0 Å². The lowest BCUT2D eigenvalue weighted by Crippen LogP contribution is -2.29. The first-order valence-electron chi connectivity index (χ1n) is 2.46. The Morgan fingerprint density at radius 1 is 1.71 bits per heavy atom. The number of hydrazine groups is 1. The molecule has 40 valence electrons. The topological polar surface area (TPSA) is 15.3 Å². The van der Waals surface area contributed by atoms with Gasteiger partial charge in [-0.3, -0.25) is 0 Å². The highest BCUT2D eigenvalue weighted by atomic mass is 15.5. The molecule has 1 aliphatic rings. The smallest absolute Gasteiger partial charge is 0.0431 e. The van der Waals surface area contributed by atoms with Crippen LogP contribution >= 0.6 is 0 Å². The Bertz CT molecular complexity index is 78.1. The van der Waals surface area contributed by atoms with Crippen LogP contribution in [0.15, 0.2) is 12.3 Å². The van der Waals surface area contributed by atoms with Gasteiger partial charge in [0.15, 0.2) is 0 Å². The molecule has 0 aromatic rings. The lowest BCUT2D eigenvalue weighted by atomic mass is 10.4. The van der Waals surface area contributed by atoms with E-state index >= 15 is 0 Å². The van der Waals surface area contributed by atoms with E-state index in [1.54, 1.807) is 0 Å². The second-order valence-corrected chi connectivity index (χ2v) is 1.87. The van der Waals surface area contributed by atoms with Gasteiger partial charge in [-0.25, -0.2) is 5.43 Å². The van der Waals surface area contributed by atoms with E-state index in [1.165, 1.54) is 0 Å². The molecule has 1 heterocycles. The quantitative estimate of drug-likeness (QED) is 0.470. The molecule has 0 saturated carbocycles. The van der Waals surface area contributed by atoms with Crippen LogP contribution in [0.25, 0.3) is 0 Å². The van der Waals surface area contributed by atoms with Crippen LogP contribution < -0.4 is 5.43 Å². The van der Waals surface area contributed by atoms with Gasteiger partial charge in [-0.15, -0.1) is 0 Å². The van der Waals surface area contributed by atoms with Crippen LogP contribution in [-0.4, -0.2) is 18.1 Å². The number of rotatable bonds is 0. The summed E-state index contributed by atoms with van der Waals surface area (Å²) in [6.07, 6.45) is 4.13. The molecule has 2 nitrogen and oxygen atoms in total. The van der Waals surface area contributed by atoms with E-state index in [9.17, 15) is 0 Å². The minimum absolute atomic E-state index is 0.519. The van der Waals surface area contributed by atoms with Crippen LogP contribution in [0, 0.1) is 0 Å². The maximum atomic E-state index is 3.14. The first kappa shape index (κ1) is 4.65. The van der Waals surface area contributed by atoms with E-state index in [0.29, 0.717) is 6.04 Å². The van der Waals surface area contributed by atoms with E-state index < -0.39 is 0 Å². The predicted molar refractivity (Wildman–Crippen MR) is 29.5 cm³/mol. The Morgan fingerprint density at radius 2 is 2.43 bits per heavy atom. The summed E-state index contributed by atoms with van der Waals surface area (Å²) in [6, 6.07) is 0.519. The van der Waals surface area contributed by atoms with Gasteiger partial charge in [0.05, 0.1) is 0 Å². The Hall–Kier alpha value is -0.500. The molecule has 1 unspecified atom stereocenters. The van der Waals surface area contributed by atoms with Gasteiger partial charge >= 0.3 is 0 Å². The Morgan fingerprint density at radius 3 is 2.57 bits per heavy atom. The van der Waals surface area contributed by atoms with E-state index in [2.05, 4.69) is 18.4 Å². The second kappa shape index (κ2) is 1.54. The molecule has 1 aliphatic heterocycles. The fourth-order valence-electron chi connectivity index (χ4n) is 0.665. The monoisotopic (exact) mass is 98.1 g/mol. The molecule has 0 aromatic heterocycles. The van der Waals surface area contributed by atoms with Crippen molar-refractivity contribution in [2.75, 3.05) is 7.05 Å². The van der Waals surface area contributed by atoms with Gasteiger partial charge in [-0.05, 0) is 13.0 Å². The first-order valence-corrected chi connectivity index (χ1v) is 2.46. The van der Waals surface area contributed by atoms with Crippen molar-refractivity contribution in [3.8, 4) is 0 Å². The van der Waals surface area contributed by atoms with Gasteiger partial charge in [0.2, 0.25) is 0 Å². The van der Waals surface area contributed by atoms with Crippen molar-refractivity contribution >= 4 is 0 Å². The summed E-state index contributed by atoms with van der Waals surface area (Å²) in [6.45, 7) is 2.11. The lowest BCUT2D eigenvalue weighted by Gasteiger charge is -2.09. The Balaban J connectivity index is 2.42. The van der Waals surface area contributed by atoms with Crippen molar-refractivity contribution in [1.82, 2.24) is 10.4 Å². The highest BCUT2D eigenvalue weighted by molar-refractivity contribution is 4.94. The zero-order chi connectivity index (χ0) is 5.28. The molecular weight excluding hydrogens is 88.1 g/mol. The molecular formula is C5H10N2. The molecule has 0 radical (unpaired) electrons. The lowest BCUT2D eigenvalue weighted by molar-refractivity contribution is 0.339. The van der Waals surface area contributed by atoms with Crippen molar-refractivity contribution in [3.05, 3.63) is 12.3 Å². The standard InChI is InChI=1S/C5H10N2/c1-5-3-4-7(2)6-5/h3-6H,1-2H3. The molecule has 1 atom stereocenters. The van der Waals surface area contributed by atoms with E-state index in [0.717, 1.165) is 0 Å². The Kier molecular flexibility index (Phi) is 1.02. The van der Waals surface area contributed by atoms with Gasteiger partial charge in [0, 0.05) is 19.3 Å². The maximum Gasteiger partial charge on any atom is 0.0431 e. The van der Waals surface area contributed by atoms with E-state index in [4.69, 9.17) is 0 Å². The van der Waals surface area contributed by atoms with Crippen LogP contribution in [-0.2, 0) is 0 Å². The molecule has 0 amide bonds. The van der Waals surface area contributed by atoms with Crippen LogP contribution in [0.3, 0.4) is 0 Å². The molecule has 0 aromatic carbocycles. The SMILES string of the molecule is CC1C=CN(C)N1. The highest BCUT2D eigenvalue weighted by Crippen LogP contribution is 1.94. The first-order chi connectivity index (χ1) is 3.29. The summed E-state index contributed by atoms with van der Waals surface area (Å²) in [5.74, 6) is 0. The van der Waals surface area contributed by atoms with Gasteiger partial charge < -0.3 is 5.01 Å².